The first-order valence-corrected chi connectivity index (χ1v) is 8.11. The van der Waals surface area contributed by atoms with Gasteiger partial charge in [-0.05, 0) is 18.9 Å². The third-order valence-corrected chi connectivity index (χ3v) is 4.31. The van der Waals surface area contributed by atoms with Crippen LogP contribution < -0.4 is 4.57 Å². The van der Waals surface area contributed by atoms with Gasteiger partial charge in [0.05, 0.1) is 12.6 Å². The maximum atomic E-state index is 12.8. The maximum Gasteiger partial charge on any atom is 0.260 e. The topological polar surface area (TPSA) is 33.4 Å². The minimum atomic E-state index is 0.104. The molecule has 4 heteroatoms. The van der Waals surface area contributed by atoms with Crippen molar-refractivity contribution in [2.45, 2.75) is 25.4 Å². The largest absolute Gasteiger partial charge is 0.383 e. The summed E-state index contributed by atoms with van der Waals surface area (Å²) in [5.41, 5.74) is 1.96. The van der Waals surface area contributed by atoms with E-state index in [0.717, 1.165) is 31.5 Å². The van der Waals surface area contributed by atoms with Crippen molar-refractivity contribution < 1.29 is 14.1 Å². The van der Waals surface area contributed by atoms with Crippen molar-refractivity contribution in [2.24, 2.45) is 0 Å². The van der Waals surface area contributed by atoms with Crippen molar-refractivity contribution in [3.05, 3.63) is 66.0 Å². The fourth-order valence-corrected chi connectivity index (χ4v) is 3.18. The molecular weight excluding hydrogens is 288 g/mol. The second kappa shape index (κ2) is 7.38. The summed E-state index contributed by atoms with van der Waals surface area (Å²) >= 11 is 0. The van der Waals surface area contributed by atoms with Gasteiger partial charge >= 0.3 is 0 Å². The Morgan fingerprint density at radius 3 is 2.87 bits per heavy atom. The molecule has 4 nitrogen and oxygen atoms in total. The normalized spacial score (nSPS) is 17.4. The molecule has 0 aliphatic carbocycles. The van der Waals surface area contributed by atoms with Crippen molar-refractivity contribution in [1.82, 2.24) is 4.90 Å². The molecule has 1 fully saturated rings. The van der Waals surface area contributed by atoms with Gasteiger partial charge in [0.15, 0.2) is 18.9 Å². The number of hydrogen-bond donors (Lipinski definition) is 0. The highest BCUT2D eigenvalue weighted by Gasteiger charge is 2.30. The number of carbonyl (C=O) groups excluding carboxylic acids is 1. The van der Waals surface area contributed by atoms with Crippen molar-refractivity contribution in [3.8, 4) is 0 Å². The van der Waals surface area contributed by atoms with Crippen molar-refractivity contribution in [1.29, 1.82) is 0 Å². The smallest absolute Gasteiger partial charge is 0.260 e. The van der Waals surface area contributed by atoms with Crippen LogP contribution in [0.2, 0.25) is 0 Å². The number of nitrogens with zero attached hydrogens (tertiary/aromatic N) is 2. The van der Waals surface area contributed by atoms with E-state index >= 15 is 0 Å². The van der Waals surface area contributed by atoms with Crippen LogP contribution in [0, 0.1) is 0 Å². The molecule has 1 aromatic carbocycles. The second-order valence-corrected chi connectivity index (χ2v) is 6.00. The Bertz CT molecular complexity index is 657. The molecule has 0 radical (unpaired) electrons. The first-order valence-electron chi connectivity index (χ1n) is 8.11. The molecule has 1 amide bonds. The van der Waals surface area contributed by atoms with Gasteiger partial charge in [0.25, 0.3) is 5.91 Å². The first-order chi connectivity index (χ1) is 11.3. The van der Waals surface area contributed by atoms with Gasteiger partial charge in [-0.2, -0.15) is 4.57 Å². The minimum Gasteiger partial charge on any atom is -0.383 e. The van der Waals surface area contributed by atoms with Gasteiger partial charge in [0.2, 0.25) is 0 Å². The Morgan fingerprint density at radius 2 is 2.09 bits per heavy atom. The molecule has 2 aromatic rings. The minimum absolute atomic E-state index is 0.104. The Morgan fingerprint density at radius 1 is 1.26 bits per heavy atom. The fourth-order valence-electron chi connectivity index (χ4n) is 3.18. The molecule has 1 aromatic heterocycles. The summed E-state index contributed by atoms with van der Waals surface area (Å²) in [5, 5.41) is 0. The van der Waals surface area contributed by atoms with E-state index in [1.807, 2.05) is 47.6 Å². The van der Waals surface area contributed by atoms with Crippen molar-refractivity contribution in [3.63, 3.8) is 0 Å². The lowest BCUT2D eigenvalue weighted by atomic mass is 10.2. The molecule has 3 rings (SSSR count). The lowest BCUT2D eigenvalue weighted by molar-refractivity contribution is -0.688. The number of amides is 1. The van der Waals surface area contributed by atoms with Crippen molar-refractivity contribution in [2.75, 3.05) is 20.3 Å². The van der Waals surface area contributed by atoms with Gasteiger partial charge in [0, 0.05) is 25.3 Å². The zero-order valence-corrected chi connectivity index (χ0v) is 13.5. The number of likely N-dealkylation sites (tertiary alicyclic amines) is 1. The number of rotatable bonds is 5. The van der Waals surface area contributed by atoms with Gasteiger partial charge in [-0.1, -0.05) is 30.3 Å². The van der Waals surface area contributed by atoms with E-state index in [1.165, 1.54) is 5.56 Å². The van der Waals surface area contributed by atoms with E-state index in [9.17, 15) is 4.79 Å². The Hall–Kier alpha value is -2.20. The molecule has 1 aliphatic heterocycles. The summed E-state index contributed by atoms with van der Waals surface area (Å²) in [6.07, 6.45) is 6.02. The highest BCUT2D eigenvalue weighted by atomic mass is 16.5. The number of benzene rings is 1. The zero-order valence-electron chi connectivity index (χ0n) is 13.5. The molecule has 2 heterocycles. The first kappa shape index (κ1) is 15.7. The highest BCUT2D eigenvalue weighted by Crippen LogP contribution is 2.19. The molecule has 1 atom stereocenters. The summed E-state index contributed by atoms with van der Waals surface area (Å²) in [5.74, 6) is 0.104. The van der Waals surface area contributed by atoms with E-state index in [1.54, 1.807) is 7.11 Å². The van der Waals surface area contributed by atoms with E-state index in [-0.39, 0.29) is 11.9 Å². The molecule has 0 spiro atoms. The predicted octanol–water partition coefficient (Wildman–Crippen LogP) is 2.27. The monoisotopic (exact) mass is 311 g/mol. The lowest BCUT2D eigenvalue weighted by Crippen LogP contribution is -2.40. The van der Waals surface area contributed by atoms with Crippen molar-refractivity contribution >= 4 is 5.91 Å². The van der Waals surface area contributed by atoms with Gasteiger partial charge in [0.1, 0.15) is 5.56 Å². The van der Waals surface area contributed by atoms with Gasteiger partial charge in [-0.25, -0.2) is 0 Å². The molecule has 1 saturated heterocycles. The summed E-state index contributed by atoms with van der Waals surface area (Å²) in [6.45, 7) is 2.20. The zero-order chi connectivity index (χ0) is 16.1. The summed E-state index contributed by atoms with van der Waals surface area (Å²) in [6, 6.07) is 14.3. The summed E-state index contributed by atoms with van der Waals surface area (Å²) < 4.78 is 7.31. The molecule has 120 valence electrons. The average Bonchev–Trinajstić information content (AvgIpc) is 3.04. The lowest BCUT2D eigenvalue weighted by Gasteiger charge is -2.23. The molecular formula is C19H23N2O2+. The van der Waals surface area contributed by atoms with E-state index in [2.05, 4.69) is 16.7 Å². The number of aromatic nitrogens is 1. The molecule has 1 aliphatic rings. The predicted molar refractivity (Wildman–Crippen MR) is 88.1 cm³/mol. The average molecular weight is 311 g/mol. The van der Waals surface area contributed by atoms with Crippen LogP contribution in [0.1, 0.15) is 28.8 Å². The highest BCUT2D eigenvalue weighted by molar-refractivity contribution is 5.94. The Balaban J connectivity index is 1.75. The van der Waals surface area contributed by atoms with Crippen LogP contribution in [0.4, 0.5) is 0 Å². The number of hydrogen-bond acceptors (Lipinski definition) is 2. The number of carbonyl (C=O) groups is 1. The van der Waals surface area contributed by atoms with Crippen LogP contribution in [0.3, 0.4) is 0 Å². The Kier molecular flexibility index (Phi) is 5.03. The standard InChI is InChI=1S/C19H23N2O2/c1-23-15-18-10-6-12-21(18)19(22)17-9-5-11-20(14-17)13-16-7-3-2-4-8-16/h2-5,7-9,11,14,18H,6,10,12-13,15H2,1H3/q+1. The van der Waals surface area contributed by atoms with Crippen LogP contribution in [0.25, 0.3) is 0 Å². The fraction of sp³-hybridized carbons (Fsp3) is 0.368. The number of ether oxygens (including phenoxy) is 1. The number of methoxy groups -OCH3 is 1. The molecule has 1 unspecified atom stereocenters. The third kappa shape index (κ3) is 3.77. The summed E-state index contributed by atoms with van der Waals surface area (Å²) in [4.78, 5) is 14.7. The molecule has 23 heavy (non-hydrogen) atoms. The molecule has 0 bridgehead atoms. The maximum absolute atomic E-state index is 12.8. The summed E-state index contributed by atoms with van der Waals surface area (Å²) in [7, 11) is 1.69. The van der Waals surface area contributed by atoms with Crippen LogP contribution in [0.15, 0.2) is 54.9 Å². The molecule has 0 N–H and O–H groups in total. The van der Waals surface area contributed by atoms with Gasteiger partial charge in [-0.3, -0.25) is 4.79 Å². The molecule has 0 saturated carbocycles. The second-order valence-electron chi connectivity index (χ2n) is 6.00. The van der Waals surface area contributed by atoms with E-state index in [0.29, 0.717) is 6.61 Å². The van der Waals surface area contributed by atoms with E-state index < -0.39 is 0 Å². The Labute approximate surface area is 137 Å². The van der Waals surface area contributed by atoms with Crippen LogP contribution in [-0.2, 0) is 11.3 Å². The van der Waals surface area contributed by atoms with Crippen LogP contribution >= 0.6 is 0 Å². The third-order valence-electron chi connectivity index (χ3n) is 4.31. The van der Waals surface area contributed by atoms with Gasteiger partial charge < -0.3 is 9.64 Å². The van der Waals surface area contributed by atoms with Crippen LogP contribution in [-0.4, -0.2) is 37.1 Å². The van der Waals surface area contributed by atoms with E-state index in [4.69, 9.17) is 4.74 Å². The quantitative estimate of drug-likeness (QED) is 0.794. The number of pyridine rings is 1. The van der Waals surface area contributed by atoms with Crippen LogP contribution in [0.5, 0.6) is 0 Å². The SMILES string of the molecule is COCC1CCCN1C(=O)c1ccc[n+](Cc2ccccc2)c1. The van der Waals surface area contributed by atoms with Gasteiger partial charge in [-0.15, -0.1) is 0 Å².